The predicted octanol–water partition coefficient (Wildman–Crippen LogP) is 14.3. The van der Waals surface area contributed by atoms with E-state index in [0.717, 1.165) is 11.4 Å². The molecule has 9 aromatic rings. The average Bonchev–Trinajstić information content (AvgIpc) is 3.67. The van der Waals surface area contributed by atoms with Crippen LogP contribution in [0.3, 0.4) is 0 Å². The molecule has 1 aliphatic carbocycles. The maximum absolute atomic E-state index is 2.50. The standard InChI is InChI=1S/C49H35NS/c1-49(2)42-22-13-21-38(32-14-5-3-6-15-32)48(42)41-28-26-35(30-43(41)49)50(36-25-27-40-39-20-11-12-23-45(39)51-46(40)31-36)44-29-24-33-16-9-10-19-37(33)47(44)34-17-7-4-8-18-34/h3-31H,1-2H3. The van der Waals surface area contributed by atoms with Crippen molar-refractivity contribution < 1.29 is 0 Å². The van der Waals surface area contributed by atoms with Gasteiger partial charge in [0, 0.05) is 42.5 Å². The molecule has 1 aliphatic rings. The zero-order valence-electron chi connectivity index (χ0n) is 28.6. The highest BCUT2D eigenvalue weighted by atomic mass is 32.1. The summed E-state index contributed by atoms with van der Waals surface area (Å²) in [5.74, 6) is 0. The monoisotopic (exact) mass is 669 g/mol. The Morgan fingerprint density at radius 1 is 0.431 bits per heavy atom. The van der Waals surface area contributed by atoms with Crippen LogP contribution in [0.5, 0.6) is 0 Å². The minimum atomic E-state index is -0.168. The Balaban J connectivity index is 1.24. The second kappa shape index (κ2) is 11.6. The minimum Gasteiger partial charge on any atom is -0.310 e. The van der Waals surface area contributed by atoms with Crippen molar-refractivity contribution in [2.24, 2.45) is 0 Å². The van der Waals surface area contributed by atoms with Gasteiger partial charge >= 0.3 is 0 Å². The number of hydrogen-bond acceptors (Lipinski definition) is 2. The largest absolute Gasteiger partial charge is 0.310 e. The van der Waals surface area contributed by atoms with Gasteiger partial charge in [-0.15, -0.1) is 11.3 Å². The second-order valence-corrected chi connectivity index (χ2v) is 15.2. The van der Waals surface area contributed by atoms with Crippen LogP contribution in [0.1, 0.15) is 25.0 Å². The molecule has 0 fully saturated rings. The van der Waals surface area contributed by atoms with E-state index < -0.39 is 0 Å². The molecule has 0 aliphatic heterocycles. The fourth-order valence-corrected chi connectivity index (χ4v) is 9.55. The van der Waals surface area contributed by atoms with E-state index in [-0.39, 0.29) is 5.41 Å². The SMILES string of the molecule is CC1(C)c2cc(N(c3ccc4c(c3)sc3ccccc34)c3ccc4ccccc4c3-c3ccccc3)ccc2-c2c(-c3ccccc3)cccc21. The van der Waals surface area contributed by atoms with E-state index >= 15 is 0 Å². The molecule has 1 nitrogen and oxygen atoms in total. The third-order valence-electron chi connectivity index (χ3n) is 10.9. The second-order valence-electron chi connectivity index (χ2n) is 14.1. The van der Waals surface area contributed by atoms with Crippen LogP contribution in [0.4, 0.5) is 17.1 Å². The van der Waals surface area contributed by atoms with Crippen LogP contribution in [0.2, 0.25) is 0 Å². The van der Waals surface area contributed by atoms with E-state index in [2.05, 4.69) is 195 Å². The Labute approximate surface area is 302 Å². The van der Waals surface area contributed by atoms with Gasteiger partial charge in [0.25, 0.3) is 0 Å². The molecule has 0 atom stereocenters. The molecule has 1 aromatic heterocycles. The molecule has 0 unspecified atom stereocenters. The Kier molecular flexibility index (Phi) is 6.78. The molecule has 51 heavy (non-hydrogen) atoms. The van der Waals surface area contributed by atoms with Crippen LogP contribution in [0.15, 0.2) is 176 Å². The number of hydrogen-bond donors (Lipinski definition) is 0. The summed E-state index contributed by atoms with van der Waals surface area (Å²) in [4.78, 5) is 2.50. The van der Waals surface area contributed by atoms with E-state index in [1.165, 1.54) is 81.1 Å². The molecule has 0 spiro atoms. The lowest BCUT2D eigenvalue weighted by atomic mass is 9.81. The molecule has 10 rings (SSSR count). The molecule has 8 aromatic carbocycles. The molecule has 0 saturated heterocycles. The summed E-state index contributed by atoms with van der Waals surface area (Å²) in [5, 5.41) is 5.10. The third-order valence-corrected chi connectivity index (χ3v) is 12.0. The number of nitrogens with zero attached hydrogens (tertiary/aromatic N) is 1. The first-order valence-electron chi connectivity index (χ1n) is 17.7. The first kappa shape index (κ1) is 29.9. The highest BCUT2D eigenvalue weighted by molar-refractivity contribution is 7.25. The smallest absolute Gasteiger partial charge is 0.0546 e. The first-order valence-corrected chi connectivity index (χ1v) is 18.5. The molecular weight excluding hydrogens is 635 g/mol. The molecule has 0 radical (unpaired) electrons. The highest BCUT2D eigenvalue weighted by Crippen LogP contribution is 2.54. The van der Waals surface area contributed by atoms with Crippen molar-refractivity contribution in [2.75, 3.05) is 4.90 Å². The van der Waals surface area contributed by atoms with Gasteiger partial charge in [0.15, 0.2) is 0 Å². The molecule has 2 heteroatoms. The molecule has 0 saturated carbocycles. The normalized spacial score (nSPS) is 13.1. The fourth-order valence-electron chi connectivity index (χ4n) is 8.41. The number of benzene rings is 8. The van der Waals surface area contributed by atoms with Gasteiger partial charge in [-0.2, -0.15) is 0 Å². The molecular formula is C49H35NS. The molecule has 0 bridgehead atoms. The van der Waals surface area contributed by atoms with Crippen molar-refractivity contribution in [3.8, 4) is 33.4 Å². The van der Waals surface area contributed by atoms with Crippen molar-refractivity contribution in [3.05, 3.63) is 187 Å². The number of rotatable bonds is 5. The van der Waals surface area contributed by atoms with Crippen molar-refractivity contribution in [3.63, 3.8) is 0 Å². The van der Waals surface area contributed by atoms with E-state index in [1.807, 2.05) is 11.3 Å². The lowest BCUT2D eigenvalue weighted by Gasteiger charge is -2.30. The van der Waals surface area contributed by atoms with E-state index in [0.29, 0.717) is 0 Å². The number of fused-ring (bicyclic) bond motifs is 7. The topological polar surface area (TPSA) is 3.24 Å². The van der Waals surface area contributed by atoms with E-state index in [1.54, 1.807) is 0 Å². The Morgan fingerprint density at radius 3 is 1.92 bits per heavy atom. The maximum Gasteiger partial charge on any atom is 0.0546 e. The van der Waals surface area contributed by atoms with E-state index in [4.69, 9.17) is 0 Å². The van der Waals surface area contributed by atoms with Crippen LogP contribution >= 0.6 is 11.3 Å². The lowest BCUT2D eigenvalue weighted by Crippen LogP contribution is -2.17. The van der Waals surface area contributed by atoms with Gasteiger partial charge in [-0.25, -0.2) is 0 Å². The molecule has 242 valence electrons. The lowest BCUT2D eigenvalue weighted by molar-refractivity contribution is 0.660. The maximum atomic E-state index is 2.50. The molecule has 1 heterocycles. The quantitative estimate of drug-likeness (QED) is 0.176. The zero-order chi connectivity index (χ0) is 34.1. The zero-order valence-corrected chi connectivity index (χ0v) is 29.4. The summed E-state index contributed by atoms with van der Waals surface area (Å²) < 4.78 is 2.61. The first-order chi connectivity index (χ1) is 25.1. The van der Waals surface area contributed by atoms with Crippen molar-refractivity contribution >= 4 is 59.3 Å². The highest BCUT2D eigenvalue weighted by Gasteiger charge is 2.37. The van der Waals surface area contributed by atoms with Gasteiger partial charge in [-0.1, -0.05) is 153 Å². The van der Waals surface area contributed by atoms with Crippen LogP contribution in [-0.2, 0) is 5.41 Å². The van der Waals surface area contributed by atoms with Crippen LogP contribution in [-0.4, -0.2) is 0 Å². The number of thiophene rings is 1. The number of anilines is 3. The van der Waals surface area contributed by atoms with Crippen LogP contribution in [0, 0.1) is 0 Å². The summed E-state index contributed by atoms with van der Waals surface area (Å²) in [7, 11) is 0. The van der Waals surface area contributed by atoms with Crippen molar-refractivity contribution in [1.29, 1.82) is 0 Å². The summed E-state index contributed by atoms with van der Waals surface area (Å²) in [6, 6.07) is 64.9. The summed E-state index contributed by atoms with van der Waals surface area (Å²) >= 11 is 1.87. The average molecular weight is 670 g/mol. The summed E-state index contributed by atoms with van der Waals surface area (Å²) in [6.45, 7) is 4.77. The van der Waals surface area contributed by atoms with Crippen molar-refractivity contribution in [2.45, 2.75) is 19.3 Å². The Bertz CT molecular complexity index is 2770. The van der Waals surface area contributed by atoms with Crippen LogP contribution in [0.25, 0.3) is 64.3 Å². The van der Waals surface area contributed by atoms with Gasteiger partial charge in [-0.05, 0) is 86.1 Å². The van der Waals surface area contributed by atoms with Crippen molar-refractivity contribution in [1.82, 2.24) is 0 Å². The predicted molar refractivity (Wildman–Crippen MR) is 220 cm³/mol. The molecule has 0 amide bonds. The summed E-state index contributed by atoms with van der Waals surface area (Å²) in [5.41, 5.74) is 13.7. The summed E-state index contributed by atoms with van der Waals surface area (Å²) in [6.07, 6.45) is 0. The van der Waals surface area contributed by atoms with Gasteiger partial charge < -0.3 is 4.90 Å². The molecule has 0 N–H and O–H groups in total. The van der Waals surface area contributed by atoms with E-state index in [9.17, 15) is 0 Å². The Morgan fingerprint density at radius 2 is 1.10 bits per heavy atom. The van der Waals surface area contributed by atoms with Gasteiger partial charge in [0.1, 0.15) is 0 Å². The van der Waals surface area contributed by atoms with Gasteiger partial charge in [0.2, 0.25) is 0 Å². The van der Waals surface area contributed by atoms with Gasteiger partial charge in [-0.3, -0.25) is 0 Å². The third kappa shape index (κ3) is 4.67. The fraction of sp³-hybridized carbons (Fsp3) is 0.0612. The minimum absolute atomic E-state index is 0.168. The van der Waals surface area contributed by atoms with Crippen LogP contribution < -0.4 is 4.90 Å². The Hall–Kier alpha value is -5.96. The van der Waals surface area contributed by atoms with Gasteiger partial charge in [0.05, 0.1) is 5.69 Å².